The van der Waals surface area contributed by atoms with Crippen molar-refractivity contribution in [2.45, 2.75) is 10.6 Å². The van der Waals surface area contributed by atoms with Crippen LogP contribution in [0.2, 0.25) is 5.02 Å². The Kier molecular flexibility index (Phi) is 4.08. The van der Waals surface area contributed by atoms with Crippen molar-refractivity contribution in [1.29, 1.82) is 5.26 Å². The van der Waals surface area contributed by atoms with Crippen LogP contribution in [-0.2, 0) is 5.75 Å². The van der Waals surface area contributed by atoms with Gasteiger partial charge in [-0.1, -0.05) is 35.9 Å². The van der Waals surface area contributed by atoms with E-state index in [9.17, 15) is 0 Å². The van der Waals surface area contributed by atoms with Gasteiger partial charge in [0, 0.05) is 10.6 Å². The summed E-state index contributed by atoms with van der Waals surface area (Å²) < 4.78 is 0. The predicted molar refractivity (Wildman–Crippen MR) is 72.2 cm³/mol. The molecule has 0 amide bonds. The molecule has 0 heterocycles. The van der Waals surface area contributed by atoms with Crippen molar-refractivity contribution in [3.8, 4) is 6.07 Å². The average molecular weight is 260 g/mol. The first-order valence-corrected chi connectivity index (χ1v) is 6.52. The molecule has 0 saturated carbocycles. The molecule has 0 saturated heterocycles. The van der Waals surface area contributed by atoms with E-state index in [0.29, 0.717) is 5.56 Å². The summed E-state index contributed by atoms with van der Waals surface area (Å²) in [7, 11) is 0. The zero-order valence-corrected chi connectivity index (χ0v) is 10.6. The zero-order chi connectivity index (χ0) is 12.1. The smallest absolute Gasteiger partial charge is 0.0991 e. The van der Waals surface area contributed by atoms with Gasteiger partial charge >= 0.3 is 0 Å². The molecule has 2 aromatic carbocycles. The van der Waals surface area contributed by atoms with Crippen molar-refractivity contribution in [2.75, 3.05) is 0 Å². The van der Waals surface area contributed by atoms with Gasteiger partial charge in [-0.05, 0) is 29.8 Å². The van der Waals surface area contributed by atoms with Gasteiger partial charge in [-0.15, -0.1) is 11.8 Å². The van der Waals surface area contributed by atoms with Gasteiger partial charge in [0.25, 0.3) is 0 Å². The number of thioether (sulfide) groups is 1. The third kappa shape index (κ3) is 3.26. The van der Waals surface area contributed by atoms with Crippen molar-refractivity contribution in [3.05, 3.63) is 64.7 Å². The van der Waals surface area contributed by atoms with E-state index in [0.717, 1.165) is 21.2 Å². The average Bonchev–Trinajstić information content (AvgIpc) is 2.38. The molecule has 0 aromatic heterocycles. The van der Waals surface area contributed by atoms with E-state index in [1.165, 1.54) is 0 Å². The lowest BCUT2D eigenvalue weighted by molar-refractivity contribution is 1.36. The molecule has 2 aromatic rings. The largest absolute Gasteiger partial charge is 0.192 e. The normalized spacial score (nSPS) is 9.88. The Morgan fingerprint density at radius 3 is 2.71 bits per heavy atom. The maximum atomic E-state index is 8.81. The van der Waals surface area contributed by atoms with E-state index in [1.807, 2.05) is 48.5 Å². The minimum atomic E-state index is 0.697. The van der Waals surface area contributed by atoms with Crippen LogP contribution in [0.3, 0.4) is 0 Å². The van der Waals surface area contributed by atoms with Crippen LogP contribution in [0.1, 0.15) is 11.1 Å². The third-order valence-corrected chi connectivity index (χ3v) is 3.87. The Morgan fingerprint density at radius 1 is 1.12 bits per heavy atom. The standard InChI is InChI=1S/C14H10ClNS/c15-13-6-1-2-7-14(13)17-10-12-5-3-4-11(8-12)9-16/h1-8H,10H2. The topological polar surface area (TPSA) is 23.8 Å². The summed E-state index contributed by atoms with van der Waals surface area (Å²) in [6, 6.07) is 17.6. The van der Waals surface area contributed by atoms with Gasteiger partial charge in [0.1, 0.15) is 0 Å². The summed E-state index contributed by atoms with van der Waals surface area (Å²) in [6.07, 6.45) is 0. The number of hydrogen-bond acceptors (Lipinski definition) is 2. The van der Waals surface area contributed by atoms with Crippen LogP contribution in [0.15, 0.2) is 53.4 Å². The Morgan fingerprint density at radius 2 is 1.94 bits per heavy atom. The van der Waals surface area contributed by atoms with Gasteiger partial charge in [-0.25, -0.2) is 0 Å². The summed E-state index contributed by atoms with van der Waals surface area (Å²) in [5, 5.41) is 9.59. The Labute approximate surface area is 110 Å². The molecule has 0 spiro atoms. The van der Waals surface area contributed by atoms with Gasteiger partial charge < -0.3 is 0 Å². The maximum absolute atomic E-state index is 8.81. The van der Waals surface area contributed by atoms with Crippen molar-refractivity contribution in [2.24, 2.45) is 0 Å². The molecule has 0 unspecified atom stereocenters. The van der Waals surface area contributed by atoms with Crippen LogP contribution in [-0.4, -0.2) is 0 Å². The summed E-state index contributed by atoms with van der Waals surface area (Å²) in [5.74, 6) is 0.819. The van der Waals surface area contributed by atoms with Crippen LogP contribution < -0.4 is 0 Å². The molecule has 0 aliphatic rings. The summed E-state index contributed by atoms with van der Waals surface area (Å²) in [6.45, 7) is 0. The molecule has 0 fully saturated rings. The zero-order valence-electron chi connectivity index (χ0n) is 9.06. The highest BCUT2D eigenvalue weighted by atomic mass is 35.5. The molecule has 2 rings (SSSR count). The van der Waals surface area contributed by atoms with Crippen molar-refractivity contribution in [3.63, 3.8) is 0 Å². The Hall–Kier alpha value is -1.43. The fraction of sp³-hybridized carbons (Fsp3) is 0.0714. The molecule has 0 N–H and O–H groups in total. The van der Waals surface area contributed by atoms with Crippen LogP contribution in [0.4, 0.5) is 0 Å². The predicted octanol–water partition coefficient (Wildman–Crippen LogP) is 4.50. The number of benzene rings is 2. The summed E-state index contributed by atoms with van der Waals surface area (Å²) >= 11 is 7.75. The van der Waals surface area contributed by atoms with E-state index in [1.54, 1.807) is 11.8 Å². The second kappa shape index (κ2) is 5.77. The van der Waals surface area contributed by atoms with Crippen LogP contribution >= 0.6 is 23.4 Å². The molecule has 0 aliphatic heterocycles. The first-order chi connectivity index (χ1) is 8.29. The minimum Gasteiger partial charge on any atom is -0.192 e. The molecular formula is C14H10ClNS. The van der Waals surface area contributed by atoms with Crippen molar-refractivity contribution in [1.82, 2.24) is 0 Å². The van der Waals surface area contributed by atoms with Gasteiger partial charge in [0.2, 0.25) is 0 Å². The molecule has 0 atom stereocenters. The molecular weight excluding hydrogens is 250 g/mol. The lowest BCUT2D eigenvalue weighted by Gasteiger charge is -2.04. The van der Waals surface area contributed by atoms with E-state index in [4.69, 9.17) is 16.9 Å². The van der Waals surface area contributed by atoms with Gasteiger partial charge in [-0.2, -0.15) is 5.26 Å². The summed E-state index contributed by atoms with van der Waals surface area (Å²) in [5.41, 5.74) is 1.83. The van der Waals surface area contributed by atoms with Crippen molar-refractivity contribution >= 4 is 23.4 Å². The molecule has 1 nitrogen and oxygen atoms in total. The first kappa shape index (κ1) is 12.0. The van der Waals surface area contributed by atoms with Gasteiger partial charge in [0.15, 0.2) is 0 Å². The Bertz CT molecular complexity index is 560. The molecule has 0 aliphatic carbocycles. The highest BCUT2D eigenvalue weighted by Crippen LogP contribution is 2.29. The van der Waals surface area contributed by atoms with E-state index < -0.39 is 0 Å². The number of hydrogen-bond donors (Lipinski definition) is 0. The van der Waals surface area contributed by atoms with Crippen LogP contribution in [0.5, 0.6) is 0 Å². The molecule has 17 heavy (non-hydrogen) atoms. The minimum absolute atomic E-state index is 0.697. The lowest BCUT2D eigenvalue weighted by atomic mass is 10.2. The molecule has 3 heteroatoms. The molecule has 0 radical (unpaired) electrons. The van der Waals surface area contributed by atoms with Gasteiger partial charge in [0.05, 0.1) is 16.7 Å². The SMILES string of the molecule is N#Cc1cccc(CSc2ccccc2Cl)c1. The number of nitrogens with zero attached hydrogens (tertiary/aromatic N) is 1. The quantitative estimate of drug-likeness (QED) is 0.758. The van der Waals surface area contributed by atoms with E-state index >= 15 is 0 Å². The van der Waals surface area contributed by atoms with Crippen LogP contribution in [0.25, 0.3) is 0 Å². The Balaban J connectivity index is 2.08. The maximum Gasteiger partial charge on any atom is 0.0991 e. The monoisotopic (exact) mass is 259 g/mol. The highest BCUT2D eigenvalue weighted by molar-refractivity contribution is 7.98. The molecule has 84 valence electrons. The number of nitriles is 1. The van der Waals surface area contributed by atoms with Crippen molar-refractivity contribution < 1.29 is 0 Å². The van der Waals surface area contributed by atoms with Gasteiger partial charge in [-0.3, -0.25) is 0 Å². The second-order valence-electron chi connectivity index (χ2n) is 3.53. The van der Waals surface area contributed by atoms with Crippen LogP contribution in [0, 0.1) is 11.3 Å². The number of rotatable bonds is 3. The highest BCUT2D eigenvalue weighted by Gasteiger charge is 2.01. The summed E-state index contributed by atoms with van der Waals surface area (Å²) in [4.78, 5) is 1.07. The fourth-order valence-corrected chi connectivity index (χ4v) is 2.64. The lowest BCUT2D eigenvalue weighted by Crippen LogP contribution is -1.83. The first-order valence-electron chi connectivity index (χ1n) is 5.16. The molecule has 0 bridgehead atoms. The fourth-order valence-electron chi connectivity index (χ4n) is 1.45. The number of halogens is 1. The van der Waals surface area contributed by atoms with E-state index in [-0.39, 0.29) is 0 Å². The third-order valence-electron chi connectivity index (χ3n) is 2.29. The van der Waals surface area contributed by atoms with E-state index in [2.05, 4.69) is 6.07 Å². The second-order valence-corrected chi connectivity index (χ2v) is 4.96.